The number of hydrogen-bond donors (Lipinski definition) is 1. The zero-order valence-corrected chi connectivity index (χ0v) is 8.56. The molecule has 1 unspecified atom stereocenters. The van der Waals surface area contributed by atoms with Gasteiger partial charge in [-0.3, -0.25) is 0 Å². The van der Waals surface area contributed by atoms with Crippen LogP contribution in [0.15, 0.2) is 11.6 Å². The predicted octanol–water partition coefficient (Wildman–Crippen LogP) is 2.73. The van der Waals surface area contributed by atoms with E-state index in [0.29, 0.717) is 6.04 Å². The third-order valence-corrected chi connectivity index (χ3v) is 2.70. The van der Waals surface area contributed by atoms with Crippen molar-refractivity contribution in [1.29, 1.82) is 0 Å². The van der Waals surface area contributed by atoms with E-state index in [1.54, 1.807) is 5.57 Å². The summed E-state index contributed by atoms with van der Waals surface area (Å²) in [6.07, 6.45) is 7.81. The monoisotopic (exact) mass is 167 g/mol. The van der Waals surface area contributed by atoms with E-state index in [1.165, 1.54) is 25.7 Å². The summed E-state index contributed by atoms with van der Waals surface area (Å²) in [5.74, 6) is 0.722. The summed E-state index contributed by atoms with van der Waals surface area (Å²) in [6.45, 7) is 4.58. The van der Waals surface area contributed by atoms with Gasteiger partial charge in [-0.1, -0.05) is 25.5 Å². The van der Waals surface area contributed by atoms with Gasteiger partial charge in [-0.2, -0.15) is 0 Å². The minimum absolute atomic E-state index is 0.616. The summed E-state index contributed by atoms with van der Waals surface area (Å²) in [4.78, 5) is 0. The number of hydrogen-bond acceptors (Lipinski definition) is 1. The van der Waals surface area contributed by atoms with Gasteiger partial charge in [0.15, 0.2) is 0 Å². The fourth-order valence-electron chi connectivity index (χ4n) is 2.09. The van der Waals surface area contributed by atoms with E-state index in [9.17, 15) is 0 Å². The fourth-order valence-corrected chi connectivity index (χ4v) is 2.09. The fraction of sp³-hybridized carbons (Fsp3) is 0.818. The van der Waals surface area contributed by atoms with Gasteiger partial charge in [0.1, 0.15) is 0 Å². The zero-order chi connectivity index (χ0) is 8.97. The molecule has 12 heavy (non-hydrogen) atoms. The molecule has 0 saturated carbocycles. The Labute approximate surface area is 76.2 Å². The highest BCUT2D eigenvalue weighted by Crippen LogP contribution is 2.23. The SMILES string of the molecule is CNC(C1=CCCCC1)C(C)C. The van der Waals surface area contributed by atoms with Crippen LogP contribution in [0, 0.1) is 5.92 Å². The second kappa shape index (κ2) is 4.66. The minimum Gasteiger partial charge on any atom is -0.313 e. The Morgan fingerprint density at radius 2 is 2.08 bits per heavy atom. The number of likely N-dealkylation sites (N-methyl/N-ethyl adjacent to an activating group) is 1. The Bertz CT molecular complexity index is 158. The van der Waals surface area contributed by atoms with Crippen molar-refractivity contribution < 1.29 is 0 Å². The molecule has 0 amide bonds. The van der Waals surface area contributed by atoms with Crippen molar-refractivity contribution in [2.45, 2.75) is 45.6 Å². The number of nitrogens with one attached hydrogen (secondary N) is 1. The quantitative estimate of drug-likeness (QED) is 0.637. The van der Waals surface area contributed by atoms with Crippen molar-refractivity contribution in [3.63, 3.8) is 0 Å². The molecule has 0 fully saturated rings. The third kappa shape index (κ3) is 2.34. The normalized spacial score (nSPS) is 20.8. The lowest BCUT2D eigenvalue weighted by molar-refractivity contribution is 0.454. The molecule has 1 atom stereocenters. The average molecular weight is 167 g/mol. The van der Waals surface area contributed by atoms with E-state index < -0.39 is 0 Å². The molecular formula is C11H21N. The van der Waals surface area contributed by atoms with Crippen molar-refractivity contribution in [3.05, 3.63) is 11.6 Å². The van der Waals surface area contributed by atoms with Crippen molar-refractivity contribution in [3.8, 4) is 0 Å². The second-order valence-corrected chi connectivity index (χ2v) is 4.04. The molecule has 0 spiro atoms. The average Bonchev–Trinajstić information content (AvgIpc) is 2.07. The van der Waals surface area contributed by atoms with Gasteiger partial charge >= 0.3 is 0 Å². The van der Waals surface area contributed by atoms with Gasteiger partial charge in [-0.05, 0) is 38.6 Å². The van der Waals surface area contributed by atoms with E-state index in [1.807, 2.05) is 0 Å². The predicted molar refractivity (Wildman–Crippen MR) is 54.2 cm³/mol. The minimum atomic E-state index is 0.616. The molecule has 0 bridgehead atoms. The molecule has 1 heteroatoms. The molecular weight excluding hydrogens is 146 g/mol. The maximum Gasteiger partial charge on any atom is 0.0299 e. The number of rotatable bonds is 3. The molecule has 0 heterocycles. The van der Waals surface area contributed by atoms with Gasteiger partial charge in [0.25, 0.3) is 0 Å². The lowest BCUT2D eigenvalue weighted by atomic mass is 9.88. The summed E-state index contributed by atoms with van der Waals surface area (Å²) in [7, 11) is 2.07. The van der Waals surface area contributed by atoms with Crippen molar-refractivity contribution >= 4 is 0 Å². The van der Waals surface area contributed by atoms with Crippen molar-refractivity contribution in [2.24, 2.45) is 5.92 Å². The smallest absolute Gasteiger partial charge is 0.0299 e. The second-order valence-electron chi connectivity index (χ2n) is 4.04. The van der Waals surface area contributed by atoms with Crippen molar-refractivity contribution in [2.75, 3.05) is 7.05 Å². The van der Waals surface area contributed by atoms with Crippen LogP contribution >= 0.6 is 0 Å². The lowest BCUT2D eigenvalue weighted by Crippen LogP contribution is -2.33. The van der Waals surface area contributed by atoms with Gasteiger partial charge in [0.2, 0.25) is 0 Å². The molecule has 0 saturated heterocycles. The van der Waals surface area contributed by atoms with Crippen LogP contribution in [0.5, 0.6) is 0 Å². The maximum atomic E-state index is 3.40. The lowest BCUT2D eigenvalue weighted by Gasteiger charge is -2.26. The first-order chi connectivity index (χ1) is 5.75. The molecule has 0 aromatic rings. The van der Waals surface area contributed by atoms with E-state index >= 15 is 0 Å². The Hall–Kier alpha value is -0.300. The zero-order valence-electron chi connectivity index (χ0n) is 8.56. The van der Waals surface area contributed by atoms with Gasteiger partial charge in [-0.15, -0.1) is 0 Å². The van der Waals surface area contributed by atoms with Crippen LogP contribution in [0.3, 0.4) is 0 Å². The highest BCUT2D eigenvalue weighted by molar-refractivity contribution is 5.13. The topological polar surface area (TPSA) is 12.0 Å². The molecule has 1 nitrogen and oxygen atoms in total. The molecule has 0 radical (unpaired) electrons. The van der Waals surface area contributed by atoms with E-state index in [2.05, 4.69) is 32.3 Å². The van der Waals surface area contributed by atoms with Crippen LogP contribution in [-0.2, 0) is 0 Å². The summed E-state index contributed by atoms with van der Waals surface area (Å²) in [5, 5.41) is 3.40. The molecule has 0 aliphatic heterocycles. The summed E-state index contributed by atoms with van der Waals surface area (Å²) in [5.41, 5.74) is 1.64. The first-order valence-corrected chi connectivity index (χ1v) is 5.12. The Morgan fingerprint density at radius 1 is 1.33 bits per heavy atom. The van der Waals surface area contributed by atoms with Gasteiger partial charge in [0, 0.05) is 6.04 Å². The molecule has 0 aromatic carbocycles. The van der Waals surface area contributed by atoms with Gasteiger partial charge in [-0.25, -0.2) is 0 Å². The Morgan fingerprint density at radius 3 is 2.50 bits per heavy atom. The summed E-state index contributed by atoms with van der Waals surface area (Å²) in [6, 6.07) is 0.616. The molecule has 1 rings (SSSR count). The van der Waals surface area contributed by atoms with Crippen LogP contribution < -0.4 is 5.32 Å². The van der Waals surface area contributed by atoms with Crippen LogP contribution in [-0.4, -0.2) is 13.1 Å². The highest BCUT2D eigenvalue weighted by Gasteiger charge is 2.16. The molecule has 70 valence electrons. The first kappa shape index (κ1) is 9.79. The molecule has 1 N–H and O–H groups in total. The largest absolute Gasteiger partial charge is 0.313 e. The Balaban J connectivity index is 2.57. The van der Waals surface area contributed by atoms with Crippen LogP contribution in [0.1, 0.15) is 39.5 Å². The molecule has 1 aliphatic carbocycles. The van der Waals surface area contributed by atoms with Crippen LogP contribution in [0.4, 0.5) is 0 Å². The van der Waals surface area contributed by atoms with Crippen molar-refractivity contribution in [1.82, 2.24) is 5.32 Å². The molecule has 0 aromatic heterocycles. The Kier molecular flexibility index (Phi) is 3.80. The van der Waals surface area contributed by atoms with E-state index in [-0.39, 0.29) is 0 Å². The summed E-state index contributed by atoms with van der Waals surface area (Å²) < 4.78 is 0. The first-order valence-electron chi connectivity index (χ1n) is 5.12. The maximum absolute atomic E-state index is 3.40. The van der Waals surface area contributed by atoms with Crippen LogP contribution in [0.2, 0.25) is 0 Å². The van der Waals surface area contributed by atoms with E-state index in [4.69, 9.17) is 0 Å². The highest BCUT2D eigenvalue weighted by atomic mass is 14.9. The standard InChI is InChI=1S/C11H21N/c1-9(2)11(12-3)10-7-5-4-6-8-10/h7,9,11-12H,4-6,8H2,1-3H3. The van der Waals surface area contributed by atoms with Crippen LogP contribution in [0.25, 0.3) is 0 Å². The van der Waals surface area contributed by atoms with Gasteiger partial charge in [0.05, 0.1) is 0 Å². The summed E-state index contributed by atoms with van der Waals surface area (Å²) >= 11 is 0. The number of allylic oxidation sites excluding steroid dienone is 1. The third-order valence-electron chi connectivity index (χ3n) is 2.70. The van der Waals surface area contributed by atoms with E-state index in [0.717, 1.165) is 5.92 Å². The van der Waals surface area contributed by atoms with Gasteiger partial charge < -0.3 is 5.32 Å². The molecule has 1 aliphatic rings.